The summed E-state index contributed by atoms with van der Waals surface area (Å²) in [5.74, 6) is 1.81. The van der Waals surface area contributed by atoms with Gasteiger partial charge in [0.05, 0.1) is 29.4 Å². The minimum absolute atomic E-state index is 0.00562. The highest BCUT2D eigenvalue weighted by Gasteiger charge is 2.25. The number of nitrogens with zero attached hydrogens (tertiary/aromatic N) is 2. The fraction of sp³-hybridized carbons (Fsp3) is 0.423. The Morgan fingerprint density at radius 1 is 1.12 bits per heavy atom. The lowest BCUT2D eigenvalue weighted by Gasteiger charge is -2.32. The van der Waals surface area contributed by atoms with Gasteiger partial charge in [-0.15, -0.1) is 11.3 Å². The average molecular weight is 482 g/mol. The number of hydrogen-bond donors (Lipinski definition) is 1. The molecule has 0 spiro atoms. The number of unbranched alkanes of at least 4 members (excludes halogenated alkanes) is 1. The molecule has 1 aromatic carbocycles. The minimum atomic E-state index is -0.0130. The number of aromatic nitrogens is 1. The third kappa shape index (κ3) is 5.67. The monoisotopic (exact) mass is 481 g/mol. The van der Waals surface area contributed by atoms with E-state index in [9.17, 15) is 9.59 Å². The van der Waals surface area contributed by atoms with Crippen molar-refractivity contribution in [2.24, 2.45) is 5.92 Å². The SMILES string of the molecule is COc1ccc(OC)c(C(=O)N2CCC(CCCCNC(=O)c3cc4ccncc4s3)CC2)c1. The van der Waals surface area contributed by atoms with E-state index in [0.29, 0.717) is 29.5 Å². The Kier molecular flexibility index (Phi) is 8.00. The number of fused-ring (bicyclic) bond motifs is 1. The fourth-order valence-corrected chi connectivity index (χ4v) is 5.37. The number of hydrogen-bond acceptors (Lipinski definition) is 6. The average Bonchev–Trinajstić information content (AvgIpc) is 3.32. The van der Waals surface area contributed by atoms with Gasteiger partial charge in [0, 0.05) is 32.0 Å². The van der Waals surface area contributed by atoms with Crippen LogP contribution in [0.5, 0.6) is 11.5 Å². The van der Waals surface area contributed by atoms with Crippen LogP contribution in [0.25, 0.3) is 10.1 Å². The van der Waals surface area contributed by atoms with E-state index in [1.807, 2.05) is 17.0 Å². The number of thiophene rings is 1. The summed E-state index contributed by atoms with van der Waals surface area (Å²) >= 11 is 1.48. The second kappa shape index (κ2) is 11.3. The summed E-state index contributed by atoms with van der Waals surface area (Å²) in [7, 11) is 3.17. The molecule has 0 aliphatic carbocycles. The van der Waals surface area contributed by atoms with E-state index in [2.05, 4.69) is 10.3 Å². The van der Waals surface area contributed by atoms with Crippen LogP contribution in [0, 0.1) is 5.92 Å². The molecular weight excluding hydrogens is 450 g/mol. The third-order valence-electron chi connectivity index (χ3n) is 6.41. The summed E-state index contributed by atoms with van der Waals surface area (Å²) in [4.78, 5) is 32.2. The van der Waals surface area contributed by atoms with Crippen molar-refractivity contribution in [2.75, 3.05) is 33.9 Å². The minimum Gasteiger partial charge on any atom is -0.497 e. The zero-order valence-electron chi connectivity index (χ0n) is 19.7. The molecule has 1 aliphatic heterocycles. The van der Waals surface area contributed by atoms with Crippen molar-refractivity contribution >= 4 is 33.2 Å². The summed E-state index contributed by atoms with van der Waals surface area (Å²) in [6.45, 7) is 2.18. The first-order valence-electron chi connectivity index (χ1n) is 11.7. The Hall–Kier alpha value is -3.13. The Balaban J connectivity index is 1.17. The van der Waals surface area contributed by atoms with E-state index in [1.165, 1.54) is 11.3 Å². The molecule has 4 rings (SSSR count). The Morgan fingerprint density at radius 3 is 2.68 bits per heavy atom. The lowest BCUT2D eigenvalue weighted by molar-refractivity contribution is 0.0682. The van der Waals surface area contributed by atoms with Gasteiger partial charge in [-0.2, -0.15) is 0 Å². The van der Waals surface area contributed by atoms with Gasteiger partial charge in [-0.1, -0.05) is 12.8 Å². The summed E-state index contributed by atoms with van der Waals surface area (Å²) in [6.07, 6.45) is 8.68. The molecule has 1 N–H and O–H groups in total. The normalized spacial score (nSPS) is 14.2. The molecule has 180 valence electrons. The number of nitrogens with one attached hydrogen (secondary N) is 1. The molecule has 0 radical (unpaired) electrons. The first-order valence-corrected chi connectivity index (χ1v) is 12.5. The first-order chi connectivity index (χ1) is 16.6. The second-order valence-corrected chi connectivity index (χ2v) is 9.66. The molecule has 0 atom stereocenters. The molecule has 1 fully saturated rings. The molecule has 3 heterocycles. The van der Waals surface area contributed by atoms with Gasteiger partial charge in [-0.25, -0.2) is 0 Å². The number of methoxy groups -OCH3 is 2. The van der Waals surface area contributed by atoms with Crippen LogP contribution < -0.4 is 14.8 Å². The van der Waals surface area contributed by atoms with Crippen LogP contribution in [0.1, 0.15) is 52.1 Å². The maximum absolute atomic E-state index is 13.0. The number of pyridine rings is 1. The van der Waals surface area contributed by atoms with Gasteiger partial charge in [0.1, 0.15) is 11.5 Å². The molecule has 34 heavy (non-hydrogen) atoms. The number of benzene rings is 1. The molecule has 0 bridgehead atoms. The molecule has 0 unspecified atom stereocenters. The van der Waals surface area contributed by atoms with Crippen molar-refractivity contribution in [3.05, 3.63) is 53.2 Å². The fourth-order valence-electron chi connectivity index (χ4n) is 4.42. The Bertz CT molecular complexity index is 1110. The highest BCUT2D eigenvalue weighted by Crippen LogP contribution is 2.29. The van der Waals surface area contributed by atoms with Gasteiger partial charge in [0.25, 0.3) is 11.8 Å². The lowest BCUT2D eigenvalue weighted by atomic mass is 9.91. The van der Waals surface area contributed by atoms with Crippen molar-refractivity contribution < 1.29 is 19.1 Å². The standard InChI is InChI=1S/C26H31N3O4S/c1-32-20-6-7-22(33-2)21(16-20)26(31)29-13-9-18(10-14-29)5-3-4-11-28-25(30)23-15-19-8-12-27-17-24(19)34-23/h6-8,12,15-18H,3-5,9-11,13-14H2,1-2H3,(H,28,30). The van der Waals surface area contributed by atoms with Crippen molar-refractivity contribution in [3.8, 4) is 11.5 Å². The molecule has 0 saturated carbocycles. The summed E-state index contributed by atoms with van der Waals surface area (Å²) in [5.41, 5.74) is 0.547. The lowest BCUT2D eigenvalue weighted by Crippen LogP contribution is -2.38. The van der Waals surface area contributed by atoms with Gasteiger partial charge in [-0.05, 0) is 60.9 Å². The topological polar surface area (TPSA) is 80.8 Å². The zero-order valence-corrected chi connectivity index (χ0v) is 20.5. The molecule has 3 aromatic rings. The van der Waals surface area contributed by atoms with Crippen LogP contribution in [0.3, 0.4) is 0 Å². The number of likely N-dealkylation sites (tertiary alicyclic amines) is 1. The maximum atomic E-state index is 13.0. The highest BCUT2D eigenvalue weighted by atomic mass is 32.1. The van der Waals surface area contributed by atoms with E-state index in [1.54, 1.807) is 44.8 Å². The van der Waals surface area contributed by atoms with Crippen LogP contribution in [0.4, 0.5) is 0 Å². The predicted molar refractivity (Wildman–Crippen MR) is 134 cm³/mol. The summed E-state index contributed by atoms with van der Waals surface area (Å²) in [6, 6.07) is 9.17. The first kappa shape index (κ1) is 24.0. The van der Waals surface area contributed by atoms with Gasteiger partial charge < -0.3 is 19.7 Å². The van der Waals surface area contributed by atoms with Gasteiger partial charge in [-0.3, -0.25) is 14.6 Å². The maximum Gasteiger partial charge on any atom is 0.261 e. The van der Waals surface area contributed by atoms with Crippen molar-refractivity contribution in [3.63, 3.8) is 0 Å². The quantitative estimate of drug-likeness (QED) is 0.446. The Labute approximate surface area is 204 Å². The van der Waals surface area contributed by atoms with E-state index in [4.69, 9.17) is 9.47 Å². The molecule has 1 saturated heterocycles. The highest BCUT2D eigenvalue weighted by molar-refractivity contribution is 7.20. The van der Waals surface area contributed by atoms with Crippen LogP contribution in [0.15, 0.2) is 42.7 Å². The Morgan fingerprint density at radius 2 is 1.94 bits per heavy atom. The second-order valence-electron chi connectivity index (χ2n) is 8.58. The zero-order chi connectivity index (χ0) is 23.9. The van der Waals surface area contributed by atoms with Gasteiger partial charge in [0.2, 0.25) is 0 Å². The molecular formula is C26H31N3O4S. The summed E-state index contributed by atoms with van der Waals surface area (Å²) < 4.78 is 11.7. The van der Waals surface area contributed by atoms with Gasteiger partial charge >= 0.3 is 0 Å². The molecule has 8 heteroatoms. The van der Waals surface area contributed by atoms with Crippen molar-refractivity contribution in [1.29, 1.82) is 0 Å². The van der Waals surface area contributed by atoms with Crippen molar-refractivity contribution in [2.45, 2.75) is 32.1 Å². The number of amides is 2. The predicted octanol–water partition coefficient (Wildman–Crippen LogP) is 4.77. The molecule has 7 nitrogen and oxygen atoms in total. The molecule has 2 amide bonds. The van der Waals surface area contributed by atoms with Crippen LogP contribution >= 0.6 is 11.3 Å². The van der Waals surface area contributed by atoms with E-state index in [0.717, 1.165) is 60.2 Å². The number of ether oxygens (including phenoxy) is 2. The third-order valence-corrected chi connectivity index (χ3v) is 7.49. The molecule has 1 aliphatic rings. The number of carbonyl (C=O) groups is 2. The van der Waals surface area contributed by atoms with E-state index in [-0.39, 0.29) is 11.8 Å². The van der Waals surface area contributed by atoms with Gasteiger partial charge in [0.15, 0.2) is 0 Å². The van der Waals surface area contributed by atoms with Crippen LogP contribution in [-0.4, -0.2) is 55.6 Å². The summed E-state index contributed by atoms with van der Waals surface area (Å²) in [5, 5.41) is 4.09. The van der Waals surface area contributed by atoms with Crippen molar-refractivity contribution in [1.82, 2.24) is 15.2 Å². The van der Waals surface area contributed by atoms with E-state index >= 15 is 0 Å². The van der Waals surface area contributed by atoms with E-state index < -0.39 is 0 Å². The number of piperidine rings is 1. The van der Waals surface area contributed by atoms with Crippen LogP contribution in [0.2, 0.25) is 0 Å². The number of carbonyl (C=O) groups excluding carboxylic acids is 2. The number of rotatable bonds is 9. The molecule has 2 aromatic heterocycles. The smallest absolute Gasteiger partial charge is 0.261 e. The van der Waals surface area contributed by atoms with Crippen LogP contribution in [-0.2, 0) is 0 Å². The largest absolute Gasteiger partial charge is 0.497 e.